The zero-order chi connectivity index (χ0) is 5.33. The van der Waals surface area contributed by atoms with Gasteiger partial charge < -0.3 is 0 Å². The number of hydrogen-bond donors (Lipinski definition) is 0. The Hall–Kier alpha value is -0.180. The Morgan fingerprint density at radius 2 is 2.14 bits per heavy atom. The van der Waals surface area contributed by atoms with Gasteiger partial charge in [0.2, 0.25) is 0 Å². The van der Waals surface area contributed by atoms with E-state index in [2.05, 4.69) is 5.32 Å². The fourth-order valence-electron chi connectivity index (χ4n) is 0.564. The van der Waals surface area contributed by atoms with Gasteiger partial charge in [0, 0.05) is 13.0 Å². The van der Waals surface area contributed by atoms with Crippen LogP contribution >= 0.6 is 0 Å². The van der Waals surface area contributed by atoms with E-state index in [0.717, 1.165) is 0 Å². The highest BCUT2D eigenvalue weighted by molar-refractivity contribution is 4.76. The van der Waals surface area contributed by atoms with Gasteiger partial charge in [0.25, 0.3) is 5.92 Å². The molecular formula is C4H6F2N. The van der Waals surface area contributed by atoms with Gasteiger partial charge in [-0.2, -0.15) is 0 Å². The van der Waals surface area contributed by atoms with E-state index in [1.54, 1.807) is 0 Å². The molecule has 1 aliphatic heterocycles. The fraction of sp³-hybridized carbons (Fsp3) is 1.00. The van der Waals surface area contributed by atoms with E-state index in [-0.39, 0.29) is 13.0 Å². The van der Waals surface area contributed by atoms with Crippen molar-refractivity contribution in [2.75, 3.05) is 13.1 Å². The van der Waals surface area contributed by atoms with Gasteiger partial charge in [-0.1, -0.05) is 0 Å². The van der Waals surface area contributed by atoms with Crippen molar-refractivity contribution in [1.29, 1.82) is 0 Å². The van der Waals surface area contributed by atoms with Crippen LogP contribution in [0.2, 0.25) is 0 Å². The maximum absolute atomic E-state index is 11.9. The van der Waals surface area contributed by atoms with Gasteiger partial charge >= 0.3 is 0 Å². The van der Waals surface area contributed by atoms with Crippen LogP contribution in [0.25, 0.3) is 0 Å². The molecule has 1 saturated heterocycles. The minimum absolute atomic E-state index is 0.0486. The summed E-state index contributed by atoms with van der Waals surface area (Å²) in [5.41, 5.74) is 0. The molecule has 1 fully saturated rings. The van der Waals surface area contributed by atoms with E-state index in [4.69, 9.17) is 0 Å². The van der Waals surface area contributed by atoms with Crippen molar-refractivity contribution in [3.05, 3.63) is 0 Å². The second kappa shape index (κ2) is 1.40. The van der Waals surface area contributed by atoms with Crippen molar-refractivity contribution in [2.45, 2.75) is 12.3 Å². The zero-order valence-electron chi connectivity index (χ0n) is 3.82. The van der Waals surface area contributed by atoms with Gasteiger partial charge in [-0.3, -0.25) is 0 Å². The van der Waals surface area contributed by atoms with Crippen LogP contribution in [-0.4, -0.2) is 19.0 Å². The third-order valence-electron chi connectivity index (χ3n) is 0.979. The average molecular weight is 106 g/mol. The van der Waals surface area contributed by atoms with E-state index >= 15 is 0 Å². The molecule has 0 saturated carbocycles. The quantitative estimate of drug-likeness (QED) is 0.430. The van der Waals surface area contributed by atoms with Gasteiger partial charge in [0.1, 0.15) is 0 Å². The van der Waals surface area contributed by atoms with Gasteiger partial charge in [-0.05, 0) is 0 Å². The van der Waals surface area contributed by atoms with Crippen LogP contribution in [0.15, 0.2) is 0 Å². The summed E-state index contributed by atoms with van der Waals surface area (Å²) in [7, 11) is 0. The first kappa shape index (κ1) is 4.97. The molecular weight excluding hydrogens is 100 g/mol. The molecule has 1 radical (unpaired) electrons. The van der Waals surface area contributed by atoms with Gasteiger partial charge in [0.05, 0.1) is 6.54 Å². The third-order valence-corrected chi connectivity index (χ3v) is 0.979. The summed E-state index contributed by atoms with van der Waals surface area (Å²) in [6.45, 7) is 0.0833. The lowest BCUT2D eigenvalue weighted by atomic mass is 10.3. The topological polar surface area (TPSA) is 14.1 Å². The predicted molar refractivity (Wildman–Crippen MR) is 21.4 cm³/mol. The summed E-state index contributed by atoms with van der Waals surface area (Å²) in [6.07, 6.45) is -0.0486. The molecule has 1 heterocycles. The number of nitrogens with zero attached hydrogens (tertiary/aromatic N) is 1. The second-order valence-electron chi connectivity index (χ2n) is 1.71. The number of alkyl halides is 2. The molecule has 0 aromatic heterocycles. The number of halogens is 2. The Kier molecular flexibility index (Phi) is 0.995. The molecule has 41 valence electrons. The predicted octanol–water partition coefficient (Wildman–Crippen LogP) is 0.630. The first-order valence-electron chi connectivity index (χ1n) is 2.22. The lowest BCUT2D eigenvalue weighted by molar-refractivity contribution is 0.0235. The standard InChI is InChI=1S/C4H6F2N/c5-4(6)1-2-7-3-4/h1-3H2. The summed E-state index contributed by atoms with van der Waals surface area (Å²) >= 11 is 0. The van der Waals surface area contributed by atoms with Crippen LogP contribution < -0.4 is 5.32 Å². The van der Waals surface area contributed by atoms with E-state index < -0.39 is 5.92 Å². The van der Waals surface area contributed by atoms with Crippen molar-refractivity contribution < 1.29 is 8.78 Å². The average Bonchev–Trinajstić information content (AvgIpc) is 1.84. The molecule has 0 aromatic rings. The number of rotatable bonds is 0. The Bertz CT molecular complexity index is 64.1. The fourth-order valence-corrected chi connectivity index (χ4v) is 0.564. The molecule has 1 aliphatic rings. The molecule has 0 N–H and O–H groups in total. The molecule has 0 aliphatic carbocycles. The Morgan fingerprint density at radius 1 is 1.43 bits per heavy atom. The van der Waals surface area contributed by atoms with Crippen LogP contribution in [0.3, 0.4) is 0 Å². The summed E-state index contributed by atoms with van der Waals surface area (Å²) in [4.78, 5) is 0. The minimum Gasteiger partial charge on any atom is -0.235 e. The lowest BCUT2D eigenvalue weighted by Crippen LogP contribution is -2.15. The Morgan fingerprint density at radius 3 is 2.29 bits per heavy atom. The molecule has 1 rings (SSSR count). The SMILES string of the molecule is FC1(F)CC[N]C1. The van der Waals surface area contributed by atoms with Crippen molar-refractivity contribution in [2.24, 2.45) is 0 Å². The molecule has 1 nitrogen and oxygen atoms in total. The Balaban J connectivity index is 2.40. The smallest absolute Gasteiger partial charge is 0.235 e. The summed E-state index contributed by atoms with van der Waals surface area (Å²) in [6, 6.07) is 0. The second-order valence-corrected chi connectivity index (χ2v) is 1.71. The van der Waals surface area contributed by atoms with Crippen molar-refractivity contribution >= 4 is 0 Å². The van der Waals surface area contributed by atoms with Crippen molar-refractivity contribution in [3.8, 4) is 0 Å². The van der Waals surface area contributed by atoms with Crippen LogP contribution in [0, 0.1) is 0 Å². The highest BCUT2D eigenvalue weighted by Gasteiger charge is 2.33. The molecule has 0 unspecified atom stereocenters. The molecule has 7 heavy (non-hydrogen) atoms. The van der Waals surface area contributed by atoms with E-state index in [1.807, 2.05) is 0 Å². The van der Waals surface area contributed by atoms with Crippen LogP contribution in [-0.2, 0) is 0 Å². The van der Waals surface area contributed by atoms with Gasteiger partial charge in [0.15, 0.2) is 0 Å². The first-order chi connectivity index (χ1) is 3.21. The summed E-state index contributed by atoms with van der Waals surface area (Å²) in [5.74, 6) is -2.47. The van der Waals surface area contributed by atoms with Crippen LogP contribution in [0.1, 0.15) is 6.42 Å². The Labute approximate surface area is 40.7 Å². The van der Waals surface area contributed by atoms with Gasteiger partial charge in [-0.15, -0.1) is 0 Å². The molecule has 3 heteroatoms. The number of hydrogen-bond acceptors (Lipinski definition) is 0. The normalized spacial score (nSPS) is 28.3. The van der Waals surface area contributed by atoms with Crippen LogP contribution in [0.5, 0.6) is 0 Å². The summed E-state index contributed by atoms with van der Waals surface area (Å²) < 4.78 is 23.7. The van der Waals surface area contributed by atoms with Gasteiger partial charge in [-0.25, -0.2) is 14.1 Å². The molecule has 0 atom stereocenters. The molecule has 0 amide bonds. The highest BCUT2D eigenvalue weighted by Crippen LogP contribution is 2.20. The maximum atomic E-state index is 11.9. The zero-order valence-corrected chi connectivity index (χ0v) is 3.82. The largest absolute Gasteiger partial charge is 0.263 e. The van der Waals surface area contributed by atoms with Crippen molar-refractivity contribution in [3.63, 3.8) is 0 Å². The lowest BCUT2D eigenvalue weighted by Gasteiger charge is -2.01. The monoisotopic (exact) mass is 106 g/mol. The van der Waals surface area contributed by atoms with Crippen molar-refractivity contribution in [1.82, 2.24) is 5.32 Å². The van der Waals surface area contributed by atoms with Crippen LogP contribution in [0.4, 0.5) is 8.78 Å². The molecule has 0 aromatic carbocycles. The molecule has 0 spiro atoms. The summed E-state index contributed by atoms with van der Waals surface area (Å²) in [5, 5.41) is 3.49. The van der Waals surface area contributed by atoms with E-state index in [9.17, 15) is 8.78 Å². The maximum Gasteiger partial charge on any atom is 0.263 e. The third kappa shape index (κ3) is 1.09. The van der Waals surface area contributed by atoms with E-state index in [0.29, 0.717) is 6.54 Å². The van der Waals surface area contributed by atoms with E-state index in [1.165, 1.54) is 0 Å². The minimum atomic E-state index is -2.47. The first-order valence-corrected chi connectivity index (χ1v) is 2.22. The highest BCUT2D eigenvalue weighted by atomic mass is 19.3. The molecule has 0 bridgehead atoms.